The van der Waals surface area contributed by atoms with Gasteiger partial charge >= 0.3 is 0 Å². The molecule has 0 aliphatic carbocycles. The van der Waals surface area contributed by atoms with Crippen LogP contribution < -0.4 is 0 Å². The van der Waals surface area contributed by atoms with Crippen LogP contribution in [0.15, 0.2) is 22.1 Å². The van der Waals surface area contributed by atoms with E-state index in [9.17, 15) is 9.59 Å². The van der Waals surface area contributed by atoms with Gasteiger partial charge in [0, 0.05) is 5.56 Å². The van der Waals surface area contributed by atoms with Gasteiger partial charge in [0.25, 0.3) is 0 Å². The second-order valence-electron chi connectivity index (χ2n) is 2.83. The zero-order chi connectivity index (χ0) is 10.6. The van der Waals surface area contributed by atoms with Crippen LogP contribution in [-0.2, 0) is 9.59 Å². The molecule has 0 heterocycles. The summed E-state index contributed by atoms with van der Waals surface area (Å²) >= 11 is 0. The van der Waals surface area contributed by atoms with E-state index in [0.29, 0.717) is 16.9 Å². The van der Waals surface area contributed by atoms with Crippen molar-refractivity contribution in [2.24, 2.45) is 9.98 Å². The Labute approximate surface area is 81.0 Å². The van der Waals surface area contributed by atoms with Gasteiger partial charge in [-0.05, 0) is 31.5 Å². The average molecular weight is 188 g/mol. The minimum atomic E-state index is 0.481. The first kappa shape index (κ1) is 10.1. The van der Waals surface area contributed by atoms with Crippen LogP contribution in [-0.4, -0.2) is 12.2 Å². The lowest BCUT2D eigenvalue weighted by atomic mass is 10.1. The van der Waals surface area contributed by atoms with Crippen LogP contribution in [0.2, 0.25) is 0 Å². The molecule has 0 fully saturated rings. The molecule has 0 amide bonds. The molecule has 0 unspecified atom stereocenters. The van der Waals surface area contributed by atoms with E-state index in [1.165, 1.54) is 12.2 Å². The first-order chi connectivity index (χ1) is 6.69. The third-order valence-electron chi connectivity index (χ3n) is 1.83. The maximum absolute atomic E-state index is 10.1. The second-order valence-corrected chi connectivity index (χ2v) is 2.83. The first-order valence-electron chi connectivity index (χ1n) is 3.96. The van der Waals surface area contributed by atoms with E-state index in [1.54, 1.807) is 19.1 Å². The van der Waals surface area contributed by atoms with Gasteiger partial charge in [-0.15, -0.1) is 0 Å². The number of aliphatic imine (C=N–C) groups is 2. The van der Waals surface area contributed by atoms with E-state index in [-0.39, 0.29) is 0 Å². The van der Waals surface area contributed by atoms with Crippen molar-refractivity contribution in [1.29, 1.82) is 0 Å². The maximum atomic E-state index is 10.1. The average Bonchev–Trinajstić information content (AvgIpc) is 2.14. The van der Waals surface area contributed by atoms with Crippen molar-refractivity contribution >= 4 is 23.5 Å². The third kappa shape index (κ3) is 2.02. The Balaban J connectivity index is 3.45. The molecule has 1 aromatic rings. The highest BCUT2D eigenvalue weighted by molar-refractivity contribution is 5.66. The molecule has 70 valence electrons. The molecule has 14 heavy (non-hydrogen) atoms. The molecular weight excluding hydrogens is 180 g/mol. The van der Waals surface area contributed by atoms with Crippen molar-refractivity contribution in [3.63, 3.8) is 0 Å². The summed E-state index contributed by atoms with van der Waals surface area (Å²) < 4.78 is 0. The lowest BCUT2D eigenvalue weighted by Gasteiger charge is -2.02. The van der Waals surface area contributed by atoms with E-state index in [2.05, 4.69) is 9.98 Å². The van der Waals surface area contributed by atoms with Gasteiger partial charge in [0.05, 0.1) is 11.4 Å². The Morgan fingerprint density at radius 2 is 1.43 bits per heavy atom. The van der Waals surface area contributed by atoms with Gasteiger partial charge in [-0.25, -0.2) is 9.59 Å². The Hall–Kier alpha value is -2.02. The summed E-state index contributed by atoms with van der Waals surface area (Å²) in [7, 11) is 0. The Kier molecular flexibility index (Phi) is 3.08. The van der Waals surface area contributed by atoms with Crippen LogP contribution in [0.4, 0.5) is 11.4 Å². The number of hydrogen-bond donors (Lipinski definition) is 0. The Morgan fingerprint density at radius 1 is 1.00 bits per heavy atom. The fraction of sp³-hybridized carbons (Fsp3) is 0.200. The fourth-order valence-electron chi connectivity index (χ4n) is 1.15. The molecule has 0 saturated carbocycles. The van der Waals surface area contributed by atoms with E-state index in [4.69, 9.17) is 0 Å². The first-order valence-corrected chi connectivity index (χ1v) is 3.96. The summed E-state index contributed by atoms with van der Waals surface area (Å²) in [6.45, 7) is 3.55. The van der Waals surface area contributed by atoms with Gasteiger partial charge in [0.1, 0.15) is 0 Å². The molecule has 0 saturated heterocycles. The number of benzene rings is 1. The molecule has 0 atom stereocenters. The van der Waals surface area contributed by atoms with Crippen LogP contribution >= 0.6 is 0 Å². The van der Waals surface area contributed by atoms with Crippen molar-refractivity contribution in [3.8, 4) is 0 Å². The van der Waals surface area contributed by atoms with Crippen molar-refractivity contribution in [2.45, 2.75) is 13.8 Å². The highest BCUT2D eigenvalue weighted by Gasteiger charge is 2.03. The monoisotopic (exact) mass is 188 g/mol. The summed E-state index contributed by atoms with van der Waals surface area (Å²) in [5, 5.41) is 0. The summed E-state index contributed by atoms with van der Waals surface area (Å²) in [5.74, 6) is 0. The molecule has 1 aromatic carbocycles. The smallest absolute Gasteiger partial charge is 0.211 e. The minimum absolute atomic E-state index is 0.481. The Bertz CT molecular complexity index is 414. The van der Waals surface area contributed by atoms with Crippen molar-refractivity contribution < 1.29 is 9.59 Å². The molecule has 0 N–H and O–H groups in total. The lowest BCUT2D eigenvalue weighted by Crippen LogP contribution is -1.79. The molecule has 0 bridgehead atoms. The van der Waals surface area contributed by atoms with Gasteiger partial charge in [-0.2, -0.15) is 9.98 Å². The fourth-order valence-corrected chi connectivity index (χ4v) is 1.15. The van der Waals surface area contributed by atoms with Crippen molar-refractivity contribution in [1.82, 2.24) is 0 Å². The number of isocyanates is 2. The summed E-state index contributed by atoms with van der Waals surface area (Å²) in [6.07, 6.45) is 2.91. The predicted octanol–water partition coefficient (Wildman–Crippen LogP) is 2.24. The molecule has 1 rings (SSSR count). The standard InChI is InChI=1S/C10H8N2O2/c1-7-3-9(11-5-13)8(2)10(4-7)12-6-14/h3-4H,1-2H3. The number of aryl methyl sites for hydroxylation is 1. The van der Waals surface area contributed by atoms with E-state index >= 15 is 0 Å². The zero-order valence-corrected chi connectivity index (χ0v) is 7.87. The molecule has 0 spiro atoms. The van der Waals surface area contributed by atoms with Crippen LogP contribution in [0.1, 0.15) is 11.1 Å². The van der Waals surface area contributed by atoms with E-state index < -0.39 is 0 Å². The number of carbonyl (C=O) groups excluding carboxylic acids is 2. The van der Waals surface area contributed by atoms with Gasteiger partial charge < -0.3 is 0 Å². The third-order valence-corrected chi connectivity index (χ3v) is 1.83. The van der Waals surface area contributed by atoms with Crippen LogP contribution in [0.3, 0.4) is 0 Å². The van der Waals surface area contributed by atoms with Crippen LogP contribution in [0.5, 0.6) is 0 Å². The van der Waals surface area contributed by atoms with Gasteiger partial charge in [0.15, 0.2) is 0 Å². The highest BCUT2D eigenvalue weighted by atomic mass is 16.1. The molecule has 4 heteroatoms. The quantitative estimate of drug-likeness (QED) is 0.527. The molecule has 0 radical (unpaired) electrons. The SMILES string of the molecule is Cc1cc(N=C=O)c(C)c(N=C=O)c1. The molecule has 0 aromatic heterocycles. The Morgan fingerprint density at radius 3 is 1.79 bits per heavy atom. The van der Waals surface area contributed by atoms with E-state index in [0.717, 1.165) is 5.56 Å². The van der Waals surface area contributed by atoms with Gasteiger partial charge in [-0.3, -0.25) is 0 Å². The molecule has 0 aliphatic rings. The number of hydrogen-bond acceptors (Lipinski definition) is 4. The predicted molar refractivity (Wildman–Crippen MR) is 51.5 cm³/mol. The summed E-state index contributed by atoms with van der Waals surface area (Å²) in [6, 6.07) is 3.45. The maximum Gasteiger partial charge on any atom is 0.240 e. The van der Waals surface area contributed by atoms with Crippen LogP contribution in [0.25, 0.3) is 0 Å². The largest absolute Gasteiger partial charge is 0.240 e. The topological polar surface area (TPSA) is 58.9 Å². The second kappa shape index (κ2) is 4.28. The highest BCUT2D eigenvalue weighted by Crippen LogP contribution is 2.29. The van der Waals surface area contributed by atoms with Crippen molar-refractivity contribution in [3.05, 3.63) is 23.3 Å². The van der Waals surface area contributed by atoms with E-state index in [1.807, 2.05) is 6.92 Å². The van der Waals surface area contributed by atoms with Crippen molar-refractivity contribution in [2.75, 3.05) is 0 Å². The van der Waals surface area contributed by atoms with Gasteiger partial charge in [-0.1, -0.05) is 0 Å². The molecule has 4 nitrogen and oxygen atoms in total. The van der Waals surface area contributed by atoms with Crippen LogP contribution in [0, 0.1) is 13.8 Å². The molecular formula is C10H8N2O2. The number of nitrogens with zero attached hydrogens (tertiary/aromatic N) is 2. The lowest BCUT2D eigenvalue weighted by molar-refractivity contribution is 0.565. The van der Waals surface area contributed by atoms with Gasteiger partial charge in [0.2, 0.25) is 12.2 Å². The molecule has 0 aliphatic heterocycles. The zero-order valence-electron chi connectivity index (χ0n) is 7.87. The normalized spacial score (nSPS) is 8.71. The number of rotatable bonds is 2. The summed E-state index contributed by atoms with van der Waals surface area (Å²) in [4.78, 5) is 27.2. The summed E-state index contributed by atoms with van der Waals surface area (Å²) in [5.41, 5.74) is 2.50. The minimum Gasteiger partial charge on any atom is -0.211 e.